The molecule has 3 aromatic rings. The zero-order valence-corrected chi connectivity index (χ0v) is 30.8. The summed E-state index contributed by atoms with van der Waals surface area (Å²) in [4.78, 5) is 83.5. The van der Waals surface area contributed by atoms with Crippen LogP contribution in [0.2, 0.25) is 0 Å². The van der Waals surface area contributed by atoms with E-state index in [2.05, 4.69) is 20.4 Å². The summed E-state index contributed by atoms with van der Waals surface area (Å²) < 4.78 is 13.5. The number of nitrogens with one attached hydrogen (secondary N) is 2. The van der Waals surface area contributed by atoms with Crippen LogP contribution in [0.15, 0.2) is 41.3 Å². The number of carbonyl (C=O) groups is 5. The number of aryl methyl sites for hydroxylation is 1. The van der Waals surface area contributed by atoms with Crippen LogP contribution in [-0.4, -0.2) is 109 Å². The van der Waals surface area contributed by atoms with Crippen molar-refractivity contribution in [3.8, 4) is 22.6 Å². The van der Waals surface area contributed by atoms with Gasteiger partial charge in [-0.1, -0.05) is 0 Å². The predicted molar refractivity (Wildman–Crippen MR) is 196 cm³/mol. The highest BCUT2D eigenvalue weighted by Gasteiger charge is 2.49. The molecule has 3 saturated heterocycles. The summed E-state index contributed by atoms with van der Waals surface area (Å²) in [6.45, 7) is 4.69. The molecule has 5 aliphatic heterocycles. The minimum absolute atomic E-state index is 0.0640. The highest BCUT2D eigenvalue weighted by Crippen LogP contribution is 2.45. The first-order chi connectivity index (χ1) is 25.9. The van der Waals surface area contributed by atoms with Crippen molar-refractivity contribution in [3.63, 3.8) is 0 Å². The van der Waals surface area contributed by atoms with Gasteiger partial charge >= 0.3 is 6.03 Å². The van der Waals surface area contributed by atoms with Gasteiger partial charge in [0.1, 0.15) is 17.5 Å². The molecule has 282 valence electrons. The van der Waals surface area contributed by atoms with E-state index in [1.807, 2.05) is 24.4 Å². The molecule has 1 spiro atoms. The minimum Gasteiger partial charge on any atom is -0.496 e. The molecule has 0 radical (unpaired) electrons. The molecular formula is C39H43N7O8. The largest absolute Gasteiger partial charge is 0.496 e. The van der Waals surface area contributed by atoms with Crippen molar-refractivity contribution in [1.82, 2.24) is 29.9 Å². The van der Waals surface area contributed by atoms with E-state index in [1.54, 1.807) is 49.9 Å². The van der Waals surface area contributed by atoms with Gasteiger partial charge in [-0.05, 0) is 67.3 Å². The second kappa shape index (κ2) is 13.3. The van der Waals surface area contributed by atoms with Crippen LogP contribution in [-0.2, 0) is 36.1 Å². The monoisotopic (exact) mass is 737 g/mol. The number of ether oxygens (including phenoxy) is 2. The highest BCUT2D eigenvalue weighted by atomic mass is 16.5. The molecule has 15 heteroatoms. The first-order valence-electron chi connectivity index (χ1n) is 18.2. The Labute approximate surface area is 311 Å². The molecule has 0 aliphatic carbocycles. The van der Waals surface area contributed by atoms with E-state index in [9.17, 15) is 28.8 Å². The molecule has 6 heterocycles. The maximum atomic E-state index is 13.4. The molecule has 0 bridgehead atoms. The summed E-state index contributed by atoms with van der Waals surface area (Å²) in [6.07, 6.45) is 3.59. The third-order valence-electron chi connectivity index (χ3n) is 11.7. The number of aromatic nitrogens is 1. The van der Waals surface area contributed by atoms with E-state index in [1.165, 1.54) is 0 Å². The molecule has 8 rings (SSSR count). The lowest BCUT2D eigenvalue weighted by molar-refractivity contribution is -0.136. The lowest BCUT2D eigenvalue weighted by Crippen LogP contribution is -2.57. The zero-order chi connectivity index (χ0) is 38.1. The number of benzene rings is 2. The number of nitrogens with zero attached hydrogens (tertiary/aromatic N) is 5. The number of carbonyl (C=O) groups excluding carboxylic acids is 5. The van der Waals surface area contributed by atoms with Crippen molar-refractivity contribution in [2.75, 3.05) is 58.9 Å². The second-order valence-electron chi connectivity index (χ2n) is 15.0. The highest BCUT2D eigenvalue weighted by molar-refractivity contribution is 6.23. The van der Waals surface area contributed by atoms with Gasteiger partial charge in [0.25, 0.3) is 17.4 Å². The standard InChI is InChI=1S/C39H43N7O8/c1-40-38(52)44-11-9-24-27(16-42(2)35(49)28(24)18-44)22-13-31(53-3)29(32(14-22)54-4)17-43-12-10-39(19-43)20-45(21-39)23-5-6-25-26(15-23)37(51)46(36(25)50)30-7-8-33(47)41-34(30)48/h5-6,13-16,30H,7-12,17-21H2,1-4H3,(H,40,52)(H,41,47,48). The number of fused-ring (bicyclic) bond motifs is 2. The number of rotatable bonds is 7. The number of methoxy groups -OCH3 is 2. The van der Waals surface area contributed by atoms with Crippen LogP contribution in [0.5, 0.6) is 11.5 Å². The van der Waals surface area contributed by atoms with E-state index in [-0.39, 0.29) is 47.5 Å². The fraction of sp³-hybridized carbons (Fsp3) is 0.436. The first-order valence-corrected chi connectivity index (χ1v) is 18.2. The van der Waals surface area contributed by atoms with Crippen LogP contribution < -0.4 is 30.6 Å². The Morgan fingerprint density at radius 1 is 0.907 bits per heavy atom. The topological polar surface area (TPSA) is 163 Å². The van der Waals surface area contributed by atoms with E-state index in [0.717, 1.165) is 65.4 Å². The third-order valence-corrected chi connectivity index (χ3v) is 11.7. The average molecular weight is 738 g/mol. The molecule has 0 saturated carbocycles. The lowest BCUT2D eigenvalue weighted by atomic mass is 9.78. The maximum Gasteiger partial charge on any atom is 0.317 e. The van der Waals surface area contributed by atoms with Gasteiger partial charge in [0.2, 0.25) is 11.8 Å². The Morgan fingerprint density at radius 2 is 1.63 bits per heavy atom. The molecule has 5 aliphatic rings. The molecule has 1 atom stereocenters. The summed E-state index contributed by atoms with van der Waals surface area (Å²) in [5, 5.41) is 4.89. The fourth-order valence-corrected chi connectivity index (χ4v) is 8.92. The summed E-state index contributed by atoms with van der Waals surface area (Å²) in [5.41, 5.74) is 5.60. The molecule has 1 aromatic heterocycles. The summed E-state index contributed by atoms with van der Waals surface area (Å²) >= 11 is 0. The van der Waals surface area contributed by atoms with Gasteiger partial charge in [0, 0.05) is 81.7 Å². The first kappa shape index (κ1) is 35.3. The van der Waals surface area contributed by atoms with Crippen LogP contribution in [0, 0.1) is 5.41 Å². The van der Waals surface area contributed by atoms with Crippen LogP contribution in [0.1, 0.15) is 56.7 Å². The van der Waals surface area contributed by atoms with Gasteiger partial charge in [0.05, 0.1) is 37.5 Å². The van der Waals surface area contributed by atoms with E-state index < -0.39 is 29.7 Å². The van der Waals surface area contributed by atoms with Crippen molar-refractivity contribution < 1.29 is 33.4 Å². The maximum absolute atomic E-state index is 13.4. The van der Waals surface area contributed by atoms with Crippen molar-refractivity contribution in [2.45, 2.75) is 44.8 Å². The van der Waals surface area contributed by atoms with E-state index in [0.29, 0.717) is 36.6 Å². The Hall–Kier alpha value is -5.70. The van der Waals surface area contributed by atoms with Crippen molar-refractivity contribution in [3.05, 3.63) is 74.7 Å². The third kappa shape index (κ3) is 5.77. The molecule has 6 amide bonds. The van der Waals surface area contributed by atoms with Crippen molar-refractivity contribution in [1.29, 1.82) is 0 Å². The van der Waals surface area contributed by atoms with Gasteiger partial charge < -0.3 is 29.2 Å². The molecule has 54 heavy (non-hydrogen) atoms. The zero-order valence-electron chi connectivity index (χ0n) is 30.8. The number of amides is 6. The molecule has 2 N–H and O–H groups in total. The average Bonchev–Trinajstić information content (AvgIpc) is 3.70. The molecular weight excluding hydrogens is 694 g/mol. The van der Waals surface area contributed by atoms with Crippen molar-refractivity contribution >= 4 is 35.3 Å². The second-order valence-corrected chi connectivity index (χ2v) is 15.0. The summed E-state index contributed by atoms with van der Waals surface area (Å²) in [6, 6.07) is 8.06. The number of imide groups is 2. The van der Waals surface area contributed by atoms with Crippen molar-refractivity contribution in [2.24, 2.45) is 12.5 Å². The summed E-state index contributed by atoms with van der Waals surface area (Å²) in [5.74, 6) is -0.666. The molecule has 2 aromatic carbocycles. The van der Waals surface area contributed by atoms with Crippen LogP contribution in [0.3, 0.4) is 0 Å². The number of likely N-dealkylation sites (tertiary alicyclic amines) is 1. The number of hydrogen-bond acceptors (Lipinski definition) is 10. The number of pyridine rings is 1. The summed E-state index contributed by atoms with van der Waals surface area (Å²) in [7, 11) is 6.60. The quantitative estimate of drug-likeness (QED) is 0.343. The predicted octanol–water partition coefficient (Wildman–Crippen LogP) is 1.88. The molecule has 1 unspecified atom stereocenters. The smallest absolute Gasteiger partial charge is 0.317 e. The van der Waals surface area contributed by atoms with E-state index >= 15 is 0 Å². The normalized spacial score (nSPS) is 20.5. The van der Waals surface area contributed by atoms with Crippen LogP contribution in [0.25, 0.3) is 11.1 Å². The van der Waals surface area contributed by atoms with Crippen LogP contribution >= 0.6 is 0 Å². The minimum atomic E-state index is -0.995. The number of urea groups is 1. The number of hydrogen-bond donors (Lipinski definition) is 2. The Balaban J connectivity index is 0.968. The molecule has 15 nitrogen and oxygen atoms in total. The van der Waals surface area contributed by atoms with Gasteiger partial charge in [0.15, 0.2) is 0 Å². The Bertz CT molecular complexity index is 2170. The van der Waals surface area contributed by atoms with Gasteiger partial charge in [-0.25, -0.2) is 4.79 Å². The van der Waals surface area contributed by atoms with Gasteiger partial charge in [-0.3, -0.25) is 39.1 Å². The number of anilines is 1. The van der Waals surface area contributed by atoms with Crippen LogP contribution in [0.4, 0.5) is 10.5 Å². The fourth-order valence-electron chi connectivity index (χ4n) is 8.92. The Morgan fingerprint density at radius 3 is 2.31 bits per heavy atom. The molecule has 3 fully saturated rings. The SMILES string of the molecule is CNC(=O)N1CCc2c(-c3cc(OC)c(CN4CCC5(C4)CN(c4ccc6c(c4)C(=O)N(C4CCC(=O)NC4=O)C6=O)C5)c(OC)c3)cn(C)c(=O)c2C1. The van der Waals surface area contributed by atoms with Gasteiger partial charge in [-0.2, -0.15) is 0 Å². The van der Waals surface area contributed by atoms with E-state index in [4.69, 9.17) is 9.47 Å². The lowest BCUT2D eigenvalue weighted by Gasteiger charge is -2.49. The number of piperidine rings is 1. The van der Waals surface area contributed by atoms with Gasteiger partial charge in [-0.15, -0.1) is 0 Å². The Kier molecular flexibility index (Phi) is 8.71.